The highest BCUT2D eigenvalue weighted by Crippen LogP contribution is 2.07. The molecule has 0 radical (unpaired) electrons. The van der Waals surface area contributed by atoms with E-state index >= 15 is 0 Å². The minimum absolute atomic E-state index is 0.217. The topological polar surface area (TPSA) is 77.8 Å². The number of aliphatic hydroxyl groups is 2. The number of unbranched alkanes of at least 4 members (excludes halogenated alkanes) is 1. The lowest BCUT2D eigenvalue weighted by Crippen LogP contribution is -2.03. The van der Waals surface area contributed by atoms with E-state index in [1.807, 2.05) is 6.92 Å². The molecule has 4 nitrogen and oxygen atoms in total. The number of carbonyl (C=O) groups is 1. The summed E-state index contributed by atoms with van der Waals surface area (Å²) in [6.45, 7) is 1.91. The van der Waals surface area contributed by atoms with Gasteiger partial charge in [0.05, 0.1) is 0 Å². The highest BCUT2D eigenvalue weighted by molar-refractivity contribution is 5.84. The van der Waals surface area contributed by atoms with E-state index in [2.05, 4.69) is 0 Å². The van der Waals surface area contributed by atoms with Crippen molar-refractivity contribution in [3.8, 4) is 0 Å². The zero-order chi connectivity index (χ0) is 8.85. The van der Waals surface area contributed by atoms with Crippen molar-refractivity contribution in [3.05, 3.63) is 11.5 Å². The predicted octanol–water partition coefficient (Wildman–Crippen LogP) is 1.59. The molecule has 0 rings (SSSR count). The monoisotopic (exact) mass is 160 g/mol. The summed E-state index contributed by atoms with van der Waals surface area (Å²) in [5.41, 5.74) is 0. The molecule has 0 aromatic rings. The molecule has 0 aromatic carbocycles. The minimum Gasteiger partial charge on any atom is -0.508 e. The molecule has 0 saturated heterocycles. The van der Waals surface area contributed by atoms with Gasteiger partial charge >= 0.3 is 5.97 Å². The molecule has 0 aliphatic rings. The van der Waals surface area contributed by atoms with Crippen LogP contribution in [0.15, 0.2) is 11.5 Å². The molecule has 0 amide bonds. The first-order chi connectivity index (χ1) is 5.09. The second-order valence-corrected chi connectivity index (χ2v) is 2.20. The molecule has 0 spiro atoms. The molecule has 0 atom stereocenters. The average Bonchev–Trinajstić information content (AvgIpc) is 1.98. The Morgan fingerprint density at radius 2 is 1.82 bits per heavy atom. The van der Waals surface area contributed by atoms with Crippen LogP contribution in [0, 0.1) is 0 Å². The number of carboxylic acid groups (broad SMARTS) is 1. The van der Waals surface area contributed by atoms with Crippen LogP contribution in [0.25, 0.3) is 0 Å². The normalized spacial score (nSPS) is 12.5. The first kappa shape index (κ1) is 9.81. The Labute approximate surface area is 64.8 Å². The lowest BCUT2D eigenvalue weighted by molar-refractivity contribution is -0.135. The Hall–Kier alpha value is -1.19. The average molecular weight is 160 g/mol. The second-order valence-electron chi connectivity index (χ2n) is 2.20. The smallest absolute Gasteiger partial charge is 0.374 e. The fourth-order valence-electron chi connectivity index (χ4n) is 0.586. The van der Waals surface area contributed by atoms with Crippen molar-refractivity contribution in [3.63, 3.8) is 0 Å². The predicted molar refractivity (Wildman–Crippen MR) is 39.4 cm³/mol. The largest absolute Gasteiger partial charge is 0.508 e. The number of aliphatic carboxylic acids is 1. The van der Waals surface area contributed by atoms with E-state index in [9.17, 15) is 4.79 Å². The summed E-state index contributed by atoms with van der Waals surface area (Å²) in [6, 6.07) is 0. The van der Waals surface area contributed by atoms with Crippen molar-refractivity contribution in [1.29, 1.82) is 0 Å². The third-order valence-electron chi connectivity index (χ3n) is 1.24. The maximum absolute atomic E-state index is 10.0. The Balaban J connectivity index is 4.05. The van der Waals surface area contributed by atoms with Gasteiger partial charge in [0.15, 0.2) is 0 Å². The highest BCUT2D eigenvalue weighted by Gasteiger charge is 2.10. The molecule has 0 heterocycles. The SMILES string of the molecule is CCCC/C(O)=C(\O)C(=O)O. The molecular weight excluding hydrogens is 148 g/mol. The second kappa shape index (κ2) is 4.60. The lowest BCUT2D eigenvalue weighted by atomic mass is 10.2. The van der Waals surface area contributed by atoms with Gasteiger partial charge in [0, 0.05) is 6.42 Å². The maximum Gasteiger partial charge on any atom is 0.374 e. The van der Waals surface area contributed by atoms with E-state index < -0.39 is 17.5 Å². The van der Waals surface area contributed by atoms with Gasteiger partial charge in [-0.25, -0.2) is 4.79 Å². The van der Waals surface area contributed by atoms with Crippen LogP contribution < -0.4 is 0 Å². The molecule has 0 unspecified atom stereocenters. The van der Waals surface area contributed by atoms with Crippen LogP contribution in [-0.2, 0) is 4.79 Å². The first-order valence-electron chi connectivity index (χ1n) is 3.44. The van der Waals surface area contributed by atoms with Crippen molar-refractivity contribution in [2.45, 2.75) is 26.2 Å². The molecule has 0 aromatic heterocycles. The zero-order valence-corrected chi connectivity index (χ0v) is 6.37. The Morgan fingerprint density at radius 3 is 2.18 bits per heavy atom. The highest BCUT2D eigenvalue weighted by atomic mass is 16.4. The van der Waals surface area contributed by atoms with Crippen LogP contribution in [0.3, 0.4) is 0 Å². The summed E-state index contributed by atoms with van der Waals surface area (Å²) in [7, 11) is 0. The van der Waals surface area contributed by atoms with Gasteiger partial charge in [-0.05, 0) is 6.42 Å². The number of hydrogen-bond acceptors (Lipinski definition) is 3. The number of allylic oxidation sites excluding steroid dienone is 1. The molecule has 4 heteroatoms. The number of aliphatic hydroxyl groups excluding tert-OH is 2. The van der Waals surface area contributed by atoms with Crippen LogP contribution in [0.2, 0.25) is 0 Å². The number of rotatable bonds is 4. The third-order valence-corrected chi connectivity index (χ3v) is 1.24. The van der Waals surface area contributed by atoms with Crippen molar-refractivity contribution < 1.29 is 20.1 Å². The Morgan fingerprint density at radius 1 is 1.27 bits per heavy atom. The van der Waals surface area contributed by atoms with Crippen LogP contribution in [0.1, 0.15) is 26.2 Å². The summed E-state index contributed by atoms with van der Waals surface area (Å²) in [4.78, 5) is 10.0. The molecule has 0 fully saturated rings. The molecule has 64 valence electrons. The summed E-state index contributed by atoms with van der Waals surface area (Å²) >= 11 is 0. The van der Waals surface area contributed by atoms with Crippen molar-refractivity contribution in [2.75, 3.05) is 0 Å². The number of hydrogen-bond donors (Lipinski definition) is 3. The van der Waals surface area contributed by atoms with Gasteiger partial charge in [-0.2, -0.15) is 0 Å². The molecule has 0 aliphatic heterocycles. The van der Waals surface area contributed by atoms with Gasteiger partial charge < -0.3 is 15.3 Å². The molecule has 0 saturated carbocycles. The van der Waals surface area contributed by atoms with Gasteiger partial charge in [0.2, 0.25) is 5.76 Å². The van der Waals surface area contributed by atoms with E-state index in [4.69, 9.17) is 15.3 Å². The van der Waals surface area contributed by atoms with E-state index in [0.29, 0.717) is 6.42 Å². The Kier molecular flexibility index (Phi) is 4.10. The van der Waals surface area contributed by atoms with Gasteiger partial charge in [-0.15, -0.1) is 0 Å². The molecule has 3 N–H and O–H groups in total. The fraction of sp³-hybridized carbons (Fsp3) is 0.571. The first-order valence-corrected chi connectivity index (χ1v) is 3.44. The summed E-state index contributed by atoms with van der Waals surface area (Å²) in [6.07, 6.45) is 1.73. The molecule has 0 bridgehead atoms. The van der Waals surface area contributed by atoms with E-state index in [1.54, 1.807) is 0 Å². The van der Waals surface area contributed by atoms with Crippen LogP contribution >= 0.6 is 0 Å². The molecule has 11 heavy (non-hydrogen) atoms. The molecule has 0 aliphatic carbocycles. The van der Waals surface area contributed by atoms with Crippen molar-refractivity contribution in [1.82, 2.24) is 0 Å². The Bertz CT molecular complexity index is 171. The third kappa shape index (κ3) is 3.50. The molecular formula is C7H12O4. The van der Waals surface area contributed by atoms with Crippen molar-refractivity contribution in [2.24, 2.45) is 0 Å². The fourth-order valence-corrected chi connectivity index (χ4v) is 0.586. The van der Waals surface area contributed by atoms with Crippen molar-refractivity contribution >= 4 is 5.97 Å². The maximum atomic E-state index is 10.0. The minimum atomic E-state index is -1.49. The standard InChI is InChI=1S/C7H12O4/c1-2-3-4-5(8)6(9)7(10)11/h8-9H,2-4H2,1H3,(H,10,11)/b6-5+. The number of carboxylic acids is 1. The quantitative estimate of drug-likeness (QED) is 0.431. The lowest BCUT2D eigenvalue weighted by Gasteiger charge is -1.98. The summed E-state index contributed by atoms with van der Waals surface area (Å²) < 4.78 is 0. The van der Waals surface area contributed by atoms with Gasteiger partial charge in [0.1, 0.15) is 5.76 Å². The van der Waals surface area contributed by atoms with E-state index in [1.165, 1.54) is 0 Å². The van der Waals surface area contributed by atoms with Crippen LogP contribution in [0.4, 0.5) is 0 Å². The van der Waals surface area contributed by atoms with E-state index in [-0.39, 0.29) is 6.42 Å². The summed E-state index contributed by atoms with van der Waals surface area (Å²) in [5.74, 6) is -2.88. The zero-order valence-electron chi connectivity index (χ0n) is 6.37. The van der Waals surface area contributed by atoms with Gasteiger partial charge in [0.25, 0.3) is 0 Å². The van der Waals surface area contributed by atoms with Gasteiger partial charge in [-0.3, -0.25) is 0 Å². The van der Waals surface area contributed by atoms with Crippen LogP contribution in [0.5, 0.6) is 0 Å². The van der Waals surface area contributed by atoms with Crippen LogP contribution in [-0.4, -0.2) is 21.3 Å². The van der Waals surface area contributed by atoms with Gasteiger partial charge in [-0.1, -0.05) is 13.3 Å². The summed E-state index contributed by atoms with van der Waals surface area (Å²) in [5, 5.41) is 25.7. The van der Waals surface area contributed by atoms with E-state index in [0.717, 1.165) is 6.42 Å².